The van der Waals surface area contributed by atoms with Gasteiger partial charge in [0.15, 0.2) is 0 Å². The predicted molar refractivity (Wildman–Crippen MR) is 42.3 cm³/mol. The van der Waals surface area contributed by atoms with Crippen molar-refractivity contribution in [2.24, 2.45) is 0 Å². The highest BCUT2D eigenvalue weighted by Gasteiger charge is 1.93. The molecule has 0 aromatic rings. The number of hydrogen-bond acceptors (Lipinski definition) is 4. The molecule has 0 rings (SSSR count). The second-order valence-electron chi connectivity index (χ2n) is 1.27. The van der Waals surface area contributed by atoms with Crippen molar-refractivity contribution in [2.45, 2.75) is 13.8 Å². The van der Waals surface area contributed by atoms with E-state index in [0.29, 0.717) is 0 Å². The molecule has 0 spiro atoms. The average molecular weight is 221 g/mol. The molecule has 0 saturated heterocycles. The summed E-state index contributed by atoms with van der Waals surface area (Å²) in [5, 5.41) is 0. The van der Waals surface area contributed by atoms with E-state index in [9.17, 15) is 9.59 Å². The van der Waals surface area contributed by atoms with Crippen LogP contribution in [0.2, 0.25) is 0 Å². The zero-order chi connectivity index (χ0) is 9.44. The van der Waals surface area contributed by atoms with Crippen LogP contribution in [0.5, 0.6) is 0 Å². The van der Waals surface area contributed by atoms with E-state index in [1.54, 1.807) is 0 Å². The third kappa shape index (κ3) is 40.8. The van der Waals surface area contributed by atoms with Gasteiger partial charge in [0.05, 0.1) is 0 Å². The number of carbonyl (C=O) groups excluding carboxylic acids is 2. The highest BCUT2D eigenvalue weighted by molar-refractivity contribution is 8.26. The number of carbonyl (C=O) groups is 2. The second-order valence-corrected chi connectivity index (χ2v) is 3.79. The quantitative estimate of drug-likeness (QED) is 0.349. The lowest BCUT2D eigenvalue weighted by atomic mass is 10.7. The molecule has 0 radical (unpaired) electrons. The van der Waals surface area contributed by atoms with Gasteiger partial charge in [0.2, 0.25) is 9.23 Å². The van der Waals surface area contributed by atoms with Crippen molar-refractivity contribution in [3.63, 3.8) is 0 Å². The van der Waals surface area contributed by atoms with Crippen LogP contribution in [0.4, 0.5) is 0 Å². The number of hydrogen-bond donors (Lipinski definition) is 0. The van der Waals surface area contributed by atoms with Crippen molar-refractivity contribution in [1.82, 2.24) is 0 Å². The smallest absolute Gasteiger partial charge is 0.310 e. The third-order valence-electron chi connectivity index (χ3n) is 0.287. The molecule has 4 nitrogen and oxygen atoms in total. The fourth-order valence-electron chi connectivity index (χ4n) is 0.202. The maximum Gasteiger partial charge on any atom is 0.310 e. The minimum absolute atomic E-state index is 0.562. The highest BCUT2D eigenvalue weighted by atomic mass is 36.0. The Morgan fingerprint density at radius 2 is 1.36 bits per heavy atom. The van der Waals surface area contributed by atoms with Gasteiger partial charge in [-0.2, -0.15) is 0 Å². The third-order valence-corrected chi connectivity index (χ3v) is 0.287. The largest absolute Gasteiger partial charge is 0.394 e. The van der Waals surface area contributed by atoms with Crippen LogP contribution in [0.15, 0.2) is 0 Å². The zero-order valence-electron chi connectivity index (χ0n) is 5.80. The standard InChI is InChI=1S/C4H6O3.Cl2OS/c1-3(5)7-4(2)6;1-4(2)3/h1-2H3;. The molecule has 7 heteroatoms. The van der Waals surface area contributed by atoms with Gasteiger partial charge in [0.25, 0.3) is 0 Å². The summed E-state index contributed by atoms with van der Waals surface area (Å²) in [6, 6.07) is 0. The van der Waals surface area contributed by atoms with Crippen molar-refractivity contribution in [3.8, 4) is 0 Å². The lowest BCUT2D eigenvalue weighted by Crippen LogP contribution is -2.03. The lowest BCUT2D eigenvalue weighted by Gasteiger charge is -1.87. The Labute approximate surface area is 75.3 Å². The van der Waals surface area contributed by atoms with E-state index >= 15 is 0 Å². The van der Waals surface area contributed by atoms with Gasteiger partial charge in [-0.15, -0.1) is 0 Å². The summed E-state index contributed by atoms with van der Waals surface area (Å²) in [4.78, 5) is 19.6. The van der Waals surface area contributed by atoms with Crippen LogP contribution in [-0.2, 0) is 23.6 Å². The zero-order valence-corrected chi connectivity index (χ0v) is 8.13. The topological polar surface area (TPSA) is 60.4 Å². The van der Waals surface area contributed by atoms with Gasteiger partial charge in [-0.25, -0.2) is 4.21 Å². The number of ether oxygens (including phenoxy) is 1. The van der Waals surface area contributed by atoms with Crippen LogP contribution in [0.25, 0.3) is 0 Å². The Bertz CT molecular complexity index is 153. The maximum absolute atomic E-state index is 9.81. The first-order valence-corrected chi connectivity index (χ1v) is 5.09. The molecule has 0 aliphatic carbocycles. The molecule has 0 N–H and O–H groups in total. The van der Waals surface area contributed by atoms with Crippen LogP contribution >= 0.6 is 21.4 Å². The maximum atomic E-state index is 9.81. The summed E-state index contributed by atoms with van der Waals surface area (Å²) >= 11 is 0. The van der Waals surface area contributed by atoms with Gasteiger partial charge in [0.1, 0.15) is 0 Å². The van der Waals surface area contributed by atoms with Gasteiger partial charge >= 0.3 is 11.9 Å². The van der Waals surface area contributed by atoms with Crippen molar-refractivity contribution < 1.29 is 18.5 Å². The molecule has 0 fully saturated rings. The average Bonchev–Trinajstić information content (AvgIpc) is 1.56. The van der Waals surface area contributed by atoms with E-state index in [0.717, 1.165) is 0 Å². The van der Waals surface area contributed by atoms with Crippen LogP contribution in [0.3, 0.4) is 0 Å². The fraction of sp³-hybridized carbons (Fsp3) is 0.500. The summed E-state index contributed by atoms with van der Waals surface area (Å²) in [6.45, 7) is 2.36. The normalized spacial score (nSPS) is 8.09. The van der Waals surface area contributed by atoms with E-state index < -0.39 is 21.2 Å². The van der Waals surface area contributed by atoms with E-state index in [1.165, 1.54) is 13.8 Å². The molecule has 0 amide bonds. The Balaban J connectivity index is 0. The molecule has 0 heterocycles. The molecule has 0 aromatic heterocycles. The first-order valence-electron chi connectivity index (χ1n) is 2.29. The number of halogens is 2. The van der Waals surface area contributed by atoms with Crippen molar-refractivity contribution in [2.75, 3.05) is 0 Å². The lowest BCUT2D eigenvalue weighted by molar-refractivity contribution is -0.156. The van der Waals surface area contributed by atoms with E-state index in [1.807, 2.05) is 0 Å². The Morgan fingerprint density at radius 3 is 1.36 bits per heavy atom. The molecule has 0 aromatic carbocycles. The van der Waals surface area contributed by atoms with Gasteiger partial charge in [-0.05, 0) is 0 Å². The first-order chi connectivity index (χ1) is 4.86. The summed E-state index contributed by atoms with van der Waals surface area (Å²) in [6.07, 6.45) is 0. The predicted octanol–water partition coefficient (Wildman–Crippen LogP) is 1.14. The van der Waals surface area contributed by atoms with Crippen LogP contribution in [0, 0.1) is 0 Å². The molecule has 0 atom stereocenters. The summed E-state index contributed by atoms with van der Waals surface area (Å²) in [7, 11) is 7.36. The molecular weight excluding hydrogens is 215 g/mol. The molecular formula is C4H6Cl2O4S. The molecule has 11 heavy (non-hydrogen) atoms. The Hall–Kier alpha value is -0.130. The van der Waals surface area contributed by atoms with Gasteiger partial charge < -0.3 is 4.74 Å². The van der Waals surface area contributed by atoms with Crippen LogP contribution in [0.1, 0.15) is 13.8 Å². The van der Waals surface area contributed by atoms with Gasteiger partial charge in [-0.1, -0.05) is 0 Å². The molecule has 0 unspecified atom stereocenters. The SMILES string of the molecule is CC(=O)OC(C)=O.O=S(Cl)Cl. The van der Waals surface area contributed by atoms with Gasteiger partial charge in [0, 0.05) is 35.2 Å². The summed E-state index contributed by atoms with van der Waals surface area (Å²) in [5.41, 5.74) is 0. The van der Waals surface area contributed by atoms with Crippen LogP contribution < -0.4 is 0 Å². The number of rotatable bonds is 0. The van der Waals surface area contributed by atoms with Crippen LogP contribution in [-0.4, -0.2) is 16.1 Å². The number of esters is 2. The molecule has 0 saturated carbocycles. The Kier molecular flexibility index (Phi) is 9.75. The summed E-state index contributed by atoms with van der Waals surface area (Å²) < 4.78 is 13.1. The molecule has 0 aliphatic rings. The minimum atomic E-state index is -1.67. The monoisotopic (exact) mass is 220 g/mol. The second kappa shape index (κ2) is 7.97. The first kappa shape index (κ1) is 13.5. The molecule has 66 valence electrons. The van der Waals surface area contributed by atoms with Crippen molar-refractivity contribution in [3.05, 3.63) is 0 Å². The molecule has 0 bridgehead atoms. The van der Waals surface area contributed by atoms with Crippen molar-refractivity contribution in [1.29, 1.82) is 0 Å². The van der Waals surface area contributed by atoms with E-state index in [-0.39, 0.29) is 0 Å². The Morgan fingerprint density at radius 1 is 1.18 bits per heavy atom. The highest BCUT2D eigenvalue weighted by Crippen LogP contribution is 1.89. The van der Waals surface area contributed by atoms with Crippen molar-refractivity contribution >= 4 is 42.5 Å². The fourth-order valence-corrected chi connectivity index (χ4v) is 0.202. The molecule has 0 aliphatic heterocycles. The summed E-state index contributed by atoms with van der Waals surface area (Å²) in [5.74, 6) is -1.12. The minimum Gasteiger partial charge on any atom is -0.394 e. The van der Waals surface area contributed by atoms with E-state index in [2.05, 4.69) is 26.1 Å². The van der Waals surface area contributed by atoms with E-state index in [4.69, 9.17) is 4.21 Å². The van der Waals surface area contributed by atoms with Gasteiger partial charge in [-0.3, -0.25) is 9.59 Å².